The van der Waals surface area contributed by atoms with Gasteiger partial charge in [0.1, 0.15) is 11.8 Å². The van der Waals surface area contributed by atoms with Gasteiger partial charge >= 0.3 is 0 Å². The van der Waals surface area contributed by atoms with E-state index in [0.717, 1.165) is 11.4 Å². The van der Waals surface area contributed by atoms with Gasteiger partial charge in [-0.1, -0.05) is 36.4 Å². The summed E-state index contributed by atoms with van der Waals surface area (Å²) in [5.41, 5.74) is 7.43. The second-order valence-electron chi connectivity index (χ2n) is 4.45. The number of aliphatic hydroxyl groups is 2. The number of nitrogens with one attached hydrogen (secondary N) is 2. The van der Waals surface area contributed by atoms with E-state index in [0.29, 0.717) is 0 Å². The van der Waals surface area contributed by atoms with Crippen molar-refractivity contribution in [2.24, 2.45) is 10.2 Å². The highest BCUT2D eigenvalue weighted by atomic mass is 16.3. The number of hydrazone groups is 2. The minimum absolute atomic E-state index is 0.217. The molecule has 0 saturated carbocycles. The standard InChI is InChI=1S/C16H18N4O2/c21-12-16(22)15(20-19-14-9-5-2-6-10-14)11-17-18-13-7-3-1-4-8-13/h1-11,16,18-19,21-22H,12H2/b17-11-,20-15+/t16-/m1/s1. The van der Waals surface area contributed by atoms with Crippen molar-refractivity contribution < 1.29 is 10.2 Å². The van der Waals surface area contributed by atoms with Crippen LogP contribution in [0.25, 0.3) is 0 Å². The molecule has 0 heterocycles. The first-order valence-electron chi connectivity index (χ1n) is 6.81. The van der Waals surface area contributed by atoms with Crippen molar-refractivity contribution in [3.05, 3.63) is 60.7 Å². The van der Waals surface area contributed by atoms with E-state index in [2.05, 4.69) is 21.1 Å². The fourth-order valence-electron chi connectivity index (χ4n) is 1.61. The molecule has 2 aromatic carbocycles. The molecule has 0 fully saturated rings. The molecule has 0 saturated heterocycles. The molecule has 6 heteroatoms. The van der Waals surface area contributed by atoms with Crippen LogP contribution in [0.5, 0.6) is 0 Å². The fraction of sp³-hybridized carbons (Fsp3) is 0.125. The lowest BCUT2D eigenvalue weighted by Crippen LogP contribution is -2.27. The summed E-state index contributed by atoms with van der Waals surface area (Å²) in [6.45, 7) is -0.438. The topological polar surface area (TPSA) is 89.2 Å². The maximum atomic E-state index is 9.75. The summed E-state index contributed by atoms with van der Waals surface area (Å²) < 4.78 is 0. The third kappa shape index (κ3) is 5.01. The van der Waals surface area contributed by atoms with E-state index in [1.807, 2.05) is 60.7 Å². The number of rotatable bonds is 7. The predicted octanol–water partition coefficient (Wildman–Crippen LogP) is 1.91. The Labute approximate surface area is 128 Å². The van der Waals surface area contributed by atoms with Crippen molar-refractivity contribution in [1.29, 1.82) is 0 Å². The summed E-state index contributed by atoms with van der Waals surface area (Å²) in [6, 6.07) is 18.7. The van der Waals surface area contributed by atoms with Gasteiger partial charge in [0, 0.05) is 0 Å². The van der Waals surface area contributed by atoms with Crippen molar-refractivity contribution in [2.75, 3.05) is 17.5 Å². The third-order valence-electron chi connectivity index (χ3n) is 2.77. The van der Waals surface area contributed by atoms with E-state index in [4.69, 9.17) is 5.11 Å². The molecule has 0 aromatic heterocycles. The van der Waals surface area contributed by atoms with Gasteiger partial charge in [0.25, 0.3) is 0 Å². The Balaban J connectivity index is 2.02. The highest BCUT2D eigenvalue weighted by Gasteiger charge is 2.09. The number of hydrogen-bond acceptors (Lipinski definition) is 6. The summed E-state index contributed by atoms with van der Waals surface area (Å²) >= 11 is 0. The maximum absolute atomic E-state index is 9.75. The summed E-state index contributed by atoms with van der Waals surface area (Å²) in [5.74, 6) is 0. The molecule has 2 rings (SSSR count). The van der Waals surface area contributed by atoms with Crippen LogP contribution in [0.2, 0.25) is 0 Å². The van der Waals surface area contributed by atoms with Crippen LogP contribution >= 0.6 is 0 Å². The summed E-state index contributed by atoms with van der Waals surface area (Å²) in [6.07, 6.45) is 0.252. The van der Waals surface area contributed by atoms with Gasteiger partial charge in [-0.3, -0.25) is 10.9 Å². The number of benzene rings is 2. The molecule has 6 nitrogen and oxygen atoms in total. The molecular weight excluding hydrogens is 280 g/mol. The van der Waals surface area contributed by atoms with Gasteiger partial charge in [-0.05, 0) is 24.3 Å². The zero-order valence-electron chi connectivity index (χ0n) is 11.9. The van der Waals surface area contributed by atoms with Gasteiger partial charge in [0.2, 0.25) is 0 Å². The highest BCUT2D eigenvalue weighted by Crippen LogP contribution is 2.06. The number of nitrogens with zero attached hydrogens (tertiary/aromatic N) is 2. The van der Waals surface area contributed by atoms with Crippen molar-refractivity contribution >= 4 is 23.3 Å². The van der Waals surface area contributed by atoms with Crippen molar-refractivity contribution in [1.82, 2.24) is 0 Å². The number of hydrogen-bond donors (Lipinski definition) is 4. The molecule has 1 atom stereocenters. The van der Waals surface area contributed by atoms with Crippen LogP contribution in [0, 0.1) is 0 Å². The molecule has 0 radical (unpaired) electrons. The average molecular weight is 298 g/mol. The lowest BCUT2D eigenvalue weighted by Gasteiger charge is -2.08. The summed E-state index contributed by atoms with van der Waals surface area (Å²) in [4.78, 5) is 0. The van der Waals surface area contributed by atoms with E-state index in [9.17, 15) is 5.11 Å². The van der Waals surface area contributed by atoms with Gasteiger partial charge in [-0.25, -0.2) is 0 Å². The van der Waals surface area contributed by atoms with Gasteiger partial charge < -0.3 is 10.2 Å². The molecule has 4 N–H and O–H groups in total. The molecule has 0 unspecified atom stereocenters. The van der Waals surface area contributed by atoms with E-state index >= 15 is 0 Å². The molecule has 0 amide bonds. The Morgan fingerprint density at radius 3 is 2.05 bits per heavy atom. The van der Waals surface area contributed by atoms with E-state index < -0.39 is 12.7 Å². The van der Waals surface area contributed by atoms with Crippen LogP contribution in [0.15, 0.2) is 70.9 Å². The molecule has 22 heavy (non-hydrogen) atoms. The van der Waals surface area contributed by atoms with E-state index in [1.54, 1.807) is 0 Å². The molecule has 0 aliphatic rings. The Morgan fingerprint density at radius 2 is 1.50 bits per heavy atom. The Morgan fingerprint density at radius 1 is 0.955 bits per heavy atom. The molecule has 0 aliphatic heterocycles. The zero-order chi connectivity index (χ0) is 15.6. The summed E-state index contributed by atoms with van der Waals surface area (Å²) in [7, 11) is 0. The van der Waals surface area contributed by atoms with Crippen LogP contribution in [0.4, 0.5) is 11.4 Å². The van der Waals surface area contributed by atoms with Crippen molar-refractivity contribution in [3.63, 3.8) is 0 Å². The Bertz CT molecular complexity index is 615. The quantitative estimate of drug-likeness (QED) is 0.464. The Hall–Kier alpha value is -2.70. The highest BCUT2D eigenvalue weighted by molar-refractivity contribution is 6.32. The maximum Gasteiger partial charge on any atom is 0.122 e. The number of aliphatic hydroxyl groups excluding tert-OH is 2. The first kappa shape index (κ1) is 15.7. The van der Waals surface area contributed by atoms with Crippen LogP contribution in [0.3, 0.4) is 0 Å². The second-order valence-corrected chi connectivity index (χ2v) is 4.45. The first-order chi connectivity index (χ1) is 10.8. The number of para-hydroxylation sites is 2. The average Bonchev–Trinajstić information content (AvgIpc) is 2.59. The summed E-state index contributed by atoms with van der Waals surface area (Å²) in [5, 5.41) is 26.9. The fourth-order valence-corrected chi connectivity index (χ4v) is 1.61. The monoisotopic (exact) mass is 298 g/mol. The molecule has 2 aromatic rings. The molecule has 0 bridgehead atoms. The van der Waals surface area contributed by atoms with Gasteiger partial charge in [-0.15, -0.1) is 0 Å². The third-order valence-corrected chi connectivity index (χ3v) is 2.77. The van der Waals surface area contributed by atoms with Gasteiger partial charge in [0.05, 0.1) is 24.2 Å². The Kier molecular flexibility index (Phi) is 6.10. The molecule has 114 valence electrons. The van der Waals surface area contributed by atoms with Gasteiger partial charge in [0.15, 0.2) is 0 Å². The minimum atomic E-state index is -1.11. The van der Waals surface area contributed by atoms with Crippen LogP contribution in [0.1, 0.15) is 0 Å². The SMILES string of the molecule is OC[C@@H](O)C(/C=N\Nc1ccccc1)=N/Nc1ccccc1. The lowest BCUT2D eigenvalue weighted by molar-refractivity contribution is 0.146. The number of anilines is 2. The smallest absolute Gasteiger partial charge is 0.122 e. The van der Waals surface area contributed by atoms with E-state index in [1.165, 1.54) is 6.21 Å². The molecule has 0 aliphatic carbocycles. The lowest BCUT2D eigenvalue weighted by atomic mass is 10.2. The van der Waals surface area contributed by atoms with Crippen LogP contribution in [-0.2, 0) is 0 Å². The first-order valence-corrected chi connectivity index (χ1v) is 6.81. The van der Waals surface area contributed by atoms with E-state index in [-0.39, 0.29) is 5.71 Å². The minimum Gasteiger partial charge on any atom is -0.393 e. The predicted molar refractivity (Wildman–Crippen MR) is 89.1 cm³/mol. The van der Waals surface area contributed by atoms with Crippen molar-refractivity contribution in [3.8, 4) is 0 Å². The largest absolute Gasteiger partial charge is 0.393 e. The van der Waals surface area contributed by atoms with Crippen molar-refractivity contribution in [2.45, 2.75) is 6.10 Å². The van der Waals surface area contributed by atoms with Crippen LogP contribution in [-0.4, -0.2) is 34.9 Å². The second kappa shape index (κ2) is 8.56. The molecular formula is C16H18N4O2. The van der Waals surface area contributed by atoms with Gasteiger partial charge in [-0.2, -0.15) is 10.2 Å². The van der Waals surface area contributed by atoms with Crippen LogP contribution < -0.4 is 10.9 Å². The molecule has 0 spiro atoms. The normalized spacial score (nSPS) is 13.1. The zero-order valence-corrected chi connectivity index (χ0v) is 11.9.